The van der Waals surface area contributed by atoms with Crippen LogP contribution in [0.1, 0.15) is 25.5 Å². The number of pyridine rings is 1. The molecule has 0 aliphatic carbocycles. The van der Waals surface area contributed by atoms with Gasteiger partial charge in [-0.1, -0.05) is 13.0 Å². The fourth-order valence-electron chi connectivity index (χ4n) is 2.82. The van der Waals surface area contributed by atoms with Gasteiger partial charge in [0.05, 0.1) is 12.1 Å². The predicted molar refractivity (Wildman–Crippen MR) is 96.6 cm³/mol. The monoisotopic (exact) mass is 358 g/mol. The van der Waals surface area contributed by atoms with E-state index in [4.69, 9.17) is 0 Å². The number of rotatable bonds is 4. The standard InChI is InChI=1S/C16H22N4O.2ClH/c1-16(5-7-17-8-6-16)12-18-15(21)10-13-11-20-9-3-2-4-14(20)19-13;;/h2-4,9,11,17H,5-8,10,12H2,1H3,(H,18,21);2*1H. The Hall–Kier alpha value is -1.30. The number of piperidine rings is 1. The van der Waals surface area contributed by atoms with E-state index in [2.05, 4.69) is 22.5 Å². The molecule has 0 aromatic carbocycles. The Labute approximate surface area is 149 Å². The fraction of sp³-hybridized carbons (Fsp3) is 0.500. The van der Waals surface area contributed by atoms with E-state index in [-0.39, 0.29) is 36.1 Å². The summed E-state index contributed by atoms with van der Waals surface area (Å²) >= 11 is 0. The van der Waals surface area contributed by atoms with E-state index in [1.54, 1.807) is 0 Å². The van der Waals surface area contributed by atoms with E-state index in [0.717, 1.165) is 43.8 Å². The van der Waals surface area contributed by atoms with Crippen molar-refractivity contribution in [2.75, 3.05) is 19.6 Å². The minimum absolute atomic E-state index is 0. The highest BCUT2D eigenvalue weighted by Crippen LogP contribution is 2.26. The first kappa shape index (κ1) is 19.7. The van der Waals surface area contributed by atoms with Crippen molar-refractivity contribution >= 4 is 36.4 Å². The molecule has 1 aliphatic heterocycles. The largest absolute Gasteiger partial charge is 0.355 e. The molecule has 2 aromatic rings. The van der Waals surface area contributed by atoms with Gasteiger partial charge in [-0.2, -0.15) is 0 Å². The molecule has 1 saturated heterocycles. The van der Waals surface area contributed by atoms with Crippen LogP contribution in [0.15, 0.2) is 30.6 Å². The lowest BCUT2D eigenvalue weighted by atomic mass is 9.81. The van der Waals surface area contributed by atoms with Crippen molar-refractivity contribution in [1.29, 1.82) is 0 Å². The Morgan fingerprint density at radius 1 is 1.35 bits per heavy atom. The van der Waals surface area contributed by atoms with Crippen LogP contribution in [0.4, 0.5) is 0 Å². The second-order valence-electron chi connectivity index (χ2n) is 6.21. The van der Waals surface area contributed by atoms with E-state index in [1.807, 2.05) is 35.0 Å². The van der Waals surface area contributed by atoms with Gasteiger partial charge in [-0.3, -0.25) is 4.79 Å². The van der Waals surface area contributed by atoms with Crippen LogP contribution in [-0.4, -0.2) is 34.9 Å². The van der Waals surface area contributed by atoms with Crippen molar-refractivity contribution in [3.05, 3.63) is 36.3 Å². The van der Waals surface area contributed by atoms with Crippen molar-refractivity contribution in [2.45, 2.75) is 26.2 Å². The molecule has 0 radical (unpaired) electrons. The Morgan fingerprint density at radius 3 is 2.78 bits per heavy atom. The number of hydrogen-bond donors (Lipinski definition) is 2. The molecule has 0 saturated carbocycles. The third-order valence-electron chi connectivity index (χ3n) is 4.28. The molecule has 5 nitrogen and oxygen atoms in total. The van der Waals surface area contributed by atoms with Gasteiger partial charge in [0, 0.05) is 18.9 Å². The van der Waals surface area contributed by atoms with Crippen LogP contribution in [0, 0.1) is 5.41 Å². The summed E-state index contributed by atoms with van der Waals surface area (Å²) in [5, 5.41) is 6.43. The van der Waals surface area contributed by atoms with Crippen LogP contribution < -0.4 is 10.6 Å². The number of aromatic nitrogens is 2. The molecule has 3 heterocycles. The van der Waals surface area contributed by atoms with Gasteiger partial charge in [0.2, 0.25) is 5.91 Å². The van der Waals surface area contributed by atoms with Crippen molar-refractivity contribution in [1.82, 2.24) is 20.0 Å². The predicted octanol–water partition coefficient (Wildman–Crippen LogP) is 2.23. The van der Waals surface area contributed by atoms with Crippen LogP contribution in [0.2, 0.25) is 0 Å². The summed E-state index contributed by atoms with van der Waals surface area (Å²) < 4.78 is 1.94. The van der Waals surface area contributed by atoms with Gasteiger partial charge in [0.15, 0.2) is 0 Å². The zero-order chi connectivity index (χ0) is 14.7. The summed E-state index contributed by atoms with van der Waals surface area (Å²) in [6.07, 6.45) is 6.43. The third-order valence-corrected chi connectivity index (χ3v) is 4.28. The SMILES string of the molecule is CC1(CNC(=O)Cc2cn3ccccc3n2)CCNCC1.Cl.Cl. The molecule has 2 N–H and O–H groups in total. The molecular formula is C16H24Cl2N4O. The minimum Gasteiger partial charge on any atom is -0.355 e. The van der Waals surface area contributed by atoms with Gasteiger partial charge >= 0.3 is 0 Å². The molecule has 23 heavy (non-hydrogen) atoms. The van der Waals surface area contributed by atoms with Gasteiger partial charge in [-0.05, 0) is 43.5 Å². The number of halogens is 2. The highest BCUT2D eigenvalue weighted by atomic mass is 35.5. The number of imidazole rings is 1. The van der Waals surface area contributed by atoms with Crippen LogP contribution in [0.25, 0.3) is 5.65 Å². The number of carbonyl (C=O) groups excluding carboxylic acids is 1. The quantitative estimate of drug-likeness (QED) is 0.880. The average Bonchev–Trinajstić information content (AvgIpc) is 2.88. The lowest BCUT2D eigenvalue weighted by Crippen LogP contribution is -2.43. The van der Waals surface area contributed by atoms with E-state index in [1.165, 1.54) is 0 Å². The average molecular weight is 359 g/mol. The van der Waals surface area contributed by atoms with Crippen molar-refractivity contribution in [3.63, 3.8) is 0 Å². The second kappa shape index (κ2) is 8.52. The van der Waals surface area contributed by atoms with Gasteiger partial charge in [-0.15, -0.1) is 24.8 Å². The van der Waals surface area contributed by atoms with Crippen LogP contribution in [0.3, 0.4) is 0 Å². The Bertz CT molecular complexity index is 605. The molecule has 2 aromatic heterocycles. The van der Waals surface area contributed by atoms with E-state index in [9.17, 15) is 4.79 Å². The van der Waals surface area contributed by atoms with Gasteiger partial charge in [0.25, 0.3) is 0 Å². The van der Waals surface area contributed by atoms with Crippen molar-refractivity contribution in [3.8, 4) is 0 Å². The summed E-state index contributed by atoms with van der Waals surface area (Å²) in [7, 11) is 0. The maximum Gasteiger partial charge on any atom is 0.226 e. The molecular weight excluding hydrogens is 335 g/mol. The lowest BCUT2D eigenvalue weighted by Gasteiger charge is -2.34. The van der Waals surface area contributed by atoms with Crippen molar-refractivity contribution in [2.24, 2.45) is 5.41 Å². The highest BCUT2D eigenvalue weighted by molar-refractivity contribution is 5.85. The topological polar surface area (TPSA) is 58.4 Å². The zero-order valence-corrected chi connectivity index (χ0v) is 14.9. The van der Waals surface area contributed by atoms with E-state index < -0.39 is 0 Å². The summed E-state index contributed by atoms with van der Waals surface area (Å²) in [6.45, 7) is 5.08. The highest BCUT2D eigenvalue weighted by Gasteiger charge is 2.27. The summed E-state index contributed by atoms with van der Waals surface area (Å²) in [6, 6.07) is 5.85. The molecule has 7 heteroatoms. The molecule has 1 amide bonds. The molecule has 1 aliphatic rings. The van der Waals surface area contributed by atoms with Crippen LogP contribution in [-0.2, 0) is 11.2 Å². The molecule has 3 rings (SSSR count). The van der Waals surface area contributed by atoms with Gasteiger partial charge in [0.1, 0.15) is 5.65 Å². The summed E-state index contributed by atoms with van der Waals surface area (Å²) in [4.78, 5) is 16.6. The molecule has 0 atom stereocenters. The number of hydrogen-bond acceptors (Lipinski definition) is 3. The lowest BCUT2D eigenvalue weighted by molar-refractivity contribution is -0.121. The van der Waals surface area contributed by atoms with Crippen molar-refractivity contribution < 1.29 is 4.79 Å². The summed E-state index contributed by atoms with van der Waals surface area (Å²) in [5.74, 6) is 0.0539. The molecule has 0 bridgehead atoms. The molecule has 0 spiro atoms. The molecule has 1 fully saturated rings. The van der Waals surface area contributed by atoms with Gasteiger partial charge in [-0.25, -0.2) is 4.98 Å². The summed E-state index contributed by atoms with van der Waals surface area (Å²) in [5.41, 5.74) is 1.92. The third kappa shape index (κ3) is 5.09. The minimum atomic E-state index is 0. The van der Waals surface area contributed by atoms with E-state index in [0.29, 0.717) is 6.42 Å². The first-order chi connectivity index (χ1) is 10.1. The van der Waals surface area contributed by atoms with Gasteiger partial charge < -0.3 is 15.0 Å². The second-order valence-corrected chi connectivity index (χ2v) is 6.21. The maximum absolute atomic E-state index is 12.1. The van der Waals surface area contributed by atoms with Crippen LogP contribution in [0.5, 0.6) is 0 Å². The number of nitrogens with zero attached hydrogens (tertiary/aromatic N) is 2. The van der Waals surface area contributed by atoms with E-state index >= 15 is 0 Å². The Morgan fingerprint density at radius 2 is 2.09 bits per heavy atom. The normalized spacial score (nSPS) is 16.2. The zero-order valence-electron chi connectivity index (χ0n) is 13.2. The maximum atomic E-state index is 12.1. The smallest absolute Gasteiger partial charge is 0.226 e. The number of carbonyl (C=O) groups is 1. The van der Waals surface area contributed by atoms with Crippen LogP contribution >= 0.6 is 24.8 Å². The number of amides is 1. The fourth-order valence-corrected chi connectivity index (χ4v) is 2.82. The first-order valence-corrected chi connectivity index (χ1v) is 7.55. The molecule has 128 valence electrons. The number of nitrogens with one attached hydrogen (secondary N) is 2. The Kier molecular flexibility index (Phi) is 7.32. The first-order valence-electron chi connectivity index (χ1n) is 7.55. The Balaban J connectivity index is 0.00000132. The molecule has 0 unspecified atom stereocenters. The number of fused-ring (bicyclic) bond motifs is 1.